The van der Waals surface area contributed by atoms with Crippen LogP contribution in [0.2, 0.25) is 0 Å². The first kappa shape index (κ1) is 17.3. The van der Waals surface area contributed by atoms with Gasteiger partial charge in [0.25, 0.3) is 0 Å². The van der Waals surface area contributed by atoms with Gasteiger partial charge in [-0.3, -0.25) is 4.99 Å². The summed E-state index contributed by atoms with van der Waals surface area (Å²) in [5.41, 5.74) is 8.16. The molecule has 2 rings (SSSR count). The van der Waals surface area contributed by atoms with Crippen LogP contribution in [0.5, 0.6) is 0 Å². The van der Waals surface area contributed by atoms with Crippen LogP contribution < -0.4 is 5.73 Å². The molecule has 20 heavy (non-hydrogen) atoms. The molecule has 1 aromatic heterocycles. The quantitative estimate of drug-likeness (QED) is 0.488. The molecule has 1 fully saturated rings. The van der Waals surface area contributed by atoms with Gasteiger partial charge in [0.05, 0.1) is 5.69 Å². The molecule has 0 unspecified atom stereocenters. The summed E-state index contributed by atoms with van der Waals surface area (Å²) in [4.78, 5) is 6.67. The van der Waals surface area contributed by atoms with Gasteiger partial charge < -0.3 is 15.2 Å². The first-order chi connectivity index (χ1) is 9.08. The highest BCUT2D eigenvalue weighted by molar-refractivity contribution is 14.0. The highest BCUT2D eigenvalue weighted by Gasteiger charge is 2.17. The first-order valence-corrected chi connectivity index (χ1v) is 7.04. The summed E-state index contributed by atoms with van der Waals surface area (Å²) in [6, 6.07) is 0. The fraction of sp³-hybridized carbons (Fsp3) is 0.714. The van der Waals surface area contributed by atoms with E-state index in [1.807, 2.05) is 13.8 Å². The lowest BCUT2D eigenvalue weighted by Crippen LogP contribution is -2.42. The summed E-state index contributed by atoms with van der Waals surface area (Å²) in [5, 5.41) is 3.95. The molecule has 6 heteroatoms. The molecular formula is C14H25IN4O. The number of guanidine groups is 1. The molecule has 5 nitrogen and oxygen atoms in total. The van der Waals surface area contributed by atoms with Crippen LogP contribution >= 0.6 is 24.0 Å². The lowest BCUT2D eigenvalue weighted by molar-refractivity contribution is 0.277. The Morgan fingerprint density at radius 3 is 2.60 bits per heavy atom. The smallest absolute Gasteiger partial charge is 0.191 e. The lowest BCUT2D eigenvalue weighted by atomic mass is 10.00. The Hall–Kier alpha value is -0.790. The molecule has 0 saturated carbocycles. The van der Waals surface area contributed by atoms with Crippen molar-refractivity contribution in [2.75, 3.05) is 19.6 Å². The van der Waals surface area contributed by atoms with Gasteiger partial charge in [-0.25, -0.2) is 0 Å². The van der Waals surface area contributed by atoms with Crippen LogP contribution in [0.1, 0.15) is 36.8 Å². The normalized spacial score (nSPS) is 17.1. The number of hydrogen-bond acceptors (Lipinski definition) is 3. The number of aromatic nitrogens is 1. The largest absolute Gasteiger partial charge is 0.370 e. The Labute approximate surface area is 138 Å². The summed E-state index contributed by atoms with van der Waals surface area (Å²) in [6.45, 7) is 8.95. The zero-order valence-corrected chi connectivity index (χ0v) is 14.9. The molecule has 1 aliphatic heterocycles. The molecule has 0 aliphatic carbocycles. The van der Waals surface area contributed by atoms with Crippen molar-refractivity contribution in [3.63, 3.8) is 0 Å². The molecule has 0 bridgehead atoms. The van der Waals surface area contributed by atoms with Gasteiger partial charge in [-0.1, -0.05) is 12.1 Å². The van der Waals surface area contributed by atoms with E-state index in [9.17, 15) is 0 Å². The van der Waals surface area contributed by atoms with Crippen LogP contribution in [0, 0.1) is 19.8 Å². The highest BCUT2D eigenvalue weighted by Crippen LogP contribution is 2.16. The van der Waals surface area contributed by atoms with Gasteiger partial charge >= 0.3 is 0 Å². The topological polar surface area (TPSA) is 67.6 Å². The van der Waals surface area contributed by atoms with Crippen LogP contribution in [0.3, 0.4) is 0 Å². The second-order valence-corrected chi connectivity index (χ2v) is 5.46. The van der Waals surface area contributed by atoms with Crippen LogP contribution in [0.4, 0.5) is 0 Å². The predicted octanol–water partition coefficient (Wildman–Crippen LogP) is 2.50. The summed E-state index contributed by atoms with van der Waals surface area (Å²) in [5.74, 6) is 2.38. The van der Waals surface area contributed by atoms with Gasteiger partial charge in [-0.05, 0) is 39.0 Å². The van der Waals surface area contributed by atoms with E-state index in [0.29, 0.717) is 12.5 Å². The van der Waals surface area contributed by atoms with Crippen LogP contribution in [0.15, 0.2) is 9.52 Å². The maximum absolute atomic E-state index is 6.05. The molecule has 1 aliphatic rings. The van der Waals surface area contributed by atoms with E-state index in [0.717, 1.165) is 42.4 Å². The maximum Gasteiger partial charge on any atom is 0.191 e. The zero-order valence-electron chi connectivity index (χ0n) is 12.6. The molecule has 1 saturated heterocycles. The average Bonchev–Trinajstić information content (AvgIpc) is 2.71. The number of halogens is 1. The molecule has 0 atom stereocenters. The van der Waals surface area contributed by atoms with Crippen molar-refractivity contribution in [2.45, 2.75) is 40.0 Å². The Kier molecular flexibility index (Phi) is 6.78. The molecule has 1 aromatic rings. The number of nitrogens with zero attached hydrogens (tertiary/aromatic N) is 3. The number of hydrogen-bond donors (Lipinski definition) is 1. The number of aryl methyl sites for hydroxylation is 2. The maximum atomic E-state index is 6.05. The van der Waals surface area contributed by atoms with Gasteiger partial charge in [-0.2, -0.15) is 0 Å². The SMILES string of the molecule is Cc1noc(C)c1CCN=C(N)N1CCC(C)CC1.I. The van der Waals surface area contributed by atoms with Crippen molar-refractivity contribution in [1.82, 2.24) is 10.1 Å². The number of aliphatic imine (C=N–C) groups is 1. The summed E-state index contributed by atoms with van der Waals surface area (Å²) in [7, 11) is 0. The van der Waals surface area contributed by atoms with Crippen molar-refractivity contribution >= 4 is 29.9 Å². The standard InChI is InChI=1S/C14H24N4O.HI/c1-10-5-8-18(9-6-10)14(15)16-7-4-13-11(2)17-19-12(13)3;/h10H,4-9H2,1-3H3,(H2,15,16);1H. The molecular weight excluding hydrogens is 367 g/mol. The Morgan fingerprint density at radius 2 is 2.05 bits per heavy atom. The molecule has 0 amide bonds. The lowest BCUT2D eigenvalue weighted by Gasteiger charge is -2.31. The summed E-state index contributed by atoms with van der Waals surface area (Å²) >= 11 is 0. The number of nitrogens with two attached hydrogens (primary N) is 1. The summed E-state index contributed by atoms with van der Waals surface area (Å²) in [6.07, 6.45) is 3.26. The third-order valence-corrected chi connectivity index (χ3v) is 3.92. The molecule has 2 N–H and O–H groups in total. The van der Waals surface area contributed by atoms with E-state index in [1.165, 1.54) is 12.8 Å². The number of likely N-dealkylation sites (tertiary alicyclic amines) is 1. The van der Waals surface area contributed by atoms with Crippen molar-refractivity contribution in [3.05, 3.63) is 17.0 Å². The zero-order chi connectivity index (χ0) is 13.8. The van der Waals surface area contributed by atoms with Crippen molar-refractivity contribution < 1.29 is 4.52 Å². The Bertz CT molecular complexity index is 431. The van der Waals surface area contributed by atoms with Crippen LogP contribution in [-0.4, -0.2) is 35.7 Å². The van der Waals surface area contributed by atoms with E-state index >= 15 is 0 Å². The minimum Gasteiger partial charge on any atom is -0.370 e. The van der Waals surface area contributed by atoms with E-state index < -0.39 is 0 Å². The van der Waals surface area contributed by atoms with E-state index in [4.69, 9.17) is 10.3 Å². The number of piperidine rings is 1. The second-order valence-electron chi connectivity index (χ2n) is 5.46. The summed E-state index contributed by atoms with van der Waals surface area (Å²) < 4.78 is 5.14. The monoisotopic (exact) mass is 392 g/mol. The second kappa shape index (κ2) is 7.85. The van der Waals surface area contributed by atoms with Gasteiger partial charge in [0.1, 0.15) is 5.76 Å². The van der Waals surface area contributed by atoms with E-state index in [-0.39, 0.29) is 24.0 Å². The van der Waals surface area contributed by atoms with Gasteiger partial charge in [0.2, 0.25) is 0 Å². The predicted molar refractivity (Wildman–Crippen MR) is 91.6 cm³/mol. The van der Waals surface area contributed by atoms with Crippen molar-refractivity contribution in [2.24, 2.45) is 16.6 Å². The van der Waals surface area contributed by atoms with Crippen LogP contribution in [-0.2, 0) is 6.42 Å². The van der Waals surface area contributed by atoms with Crippen molar-refractivity contribution in [3.8, 4) is 0 Å². The molecule has 0 aromatic carbocycles. The van der Waals surface area contributed by atoms with Gasteiger partial charge in [0.15, 0.2) is 5.96 Å². The highest BCUT2D eigenvalue weighted by atomic mass is 127. The van der Waals surface area contributed by atoms with Gasteiger partial charge in [-0.15, -0.1) is 24.0 Å². The van der Waals surface area contributed by atoms with E-state index in [1.54, 1.807) is 0 Å². The Balaban J connectivity index is 0.00000200. The third-order valence-electron chi connectivity index (χ3n) is 3.92. The minimum absolute atomic E-state index is 0. The third kappa shape index (κ3) is 4.36. The Morgan fingerprint density at radius 1 is 1.40 bits per heavy atom. The fourth-order valence-corrected chi connectivity index (χ4v) is 2.48. The minimum atomic E-state index is 0. The van der Waals surface area contributed by atoms with Crippen molar-refractivity contribution in [1.29, 1.82) is 0 Å². The molecule has 0 radical (unpaired) electrons. The first-order valence-electron chi connectivity index (χ1n) is 7.04. The van der Waals surface area contributed by atoms with E-state index in [2.05, 4.69) is 22.0 Å². The van der Waals surface area contributed by atoms with Gasteiger partial charge in [0, 0.05) is 25.2 Å². The molecule has 2 heterocycles. The van der Waals surface area contributed by atoms with Crippen LogP contribution in [0.25, 0.3) is 0 Å². The molecule has 114 valence electrons. The number of rotatable bonds is 3. The molecule has 0 spiro atoms. The average molecular weight is 392 g/mol. The fourth-order valence-electron chi connectivity index (χ4n) is 2.48.